The van der Waals surface area contributed by atoms with Gasteiger partial charge in [-0.25, -0.2) is 4.98 Å². The van der Waals surface area contributed by atoms with E-state index in [1.807, 2.05) is 30.3 Å². The molecule has 1 aliphatic heterocycles. The number of hydrogen-bond acceptors (Lipinski definition) is 5. The standard InChI is InChI=1S/C26H27N5O2/c1-17-10-11-31-23(18(2)28-25(31)14-17)15-30-12-13-33-24(16-30)22-5-3-4-21(29-22)19-6-8-20(9-7-19)26(27)32/h3-11,14,24H,12-13,15-16H2,1-2H3,(H2,27,32)/t24-/m1/s1. The topological polar surface area (TPSA) is 85.8 Å². The fraction of sp³-hybridized carbons (Fsp3) is 0.269. The first-order chi connectivity index (χ1) is 16.0. The van der Waals surface area contributed by atoms with Crippen LogP contribution in [0.4, 0.5) is 0 Å². The van der Waals surface area contributed by atoms with Crippen LogP contribution in [0.1, 0.15) is 39.1 Å². The van der Waals surface area contributed by atoms with Gasteiger partial charge in [0.25, 0.3) is 0 Å². The zero-order valence-electron chi connectivity index (χ0n) is 18.9. The number of carbonyl (C=O) groups excluding carboxylic acids is 1. The molecule has 1 aromatic carbocycles. The first-order valence-corrected chi connectivity index (χ1v) is 11.1. The Hall–Kier alpha value is -3.55. The van der Waals surface area contributed by atoms with Crippen LogP contribution in [0.25, 0.3) is 16.9 Å². The second-order valence-electron chi connectivity index (χ2n) is 8.56. The Morgan fingerprint density at radius 3 is 2.73 bits per heavy atom. The molecule has 0 radical (unpaired) electrons. The van der Waals surface area contributed by atoms with E-state index in [-0.39, 0.29) is 6.10 Å². The van der Waals surface area contributed by atoms with Gasteiger partial charge < -0.3 is 14.9 Å². The number of aryl methyl sites for hydroxylation is 2. The SMILES string of the molecule is Cc1ccn2c(CN3CCO[C@@H](c4cccc(-c5ccc(C(N)=O)cc5)n4)C3)c(C)nc2c1. The van der Waals surface area contributed by atoms with Crippen LogP contribution < -0.4 is 5.73 Å². The molecule has 0 aliphatic carbocycles. The van der Waals surface area contributed by atoms with Crippen molar-refractivity contribution in [3.8, 4) is 11.3 Å². The second-order valence-corrected chi connectivity index (χ2v) is 8.56. The second kappa shape index (κ2) is 8.77. The van der Waals surface area contributed by atoms with Crippen LogP contribution in [0.15, 0.2) is 60.8 Å². The zero-order valence-corrected chi connectivity index (χ0v) is 18.9. The van der Waals surface area contributed by atoms with Crippen LogP contribution in [-0.4, -0.2) is 44.9 Å². The number of pyridine rings is 2. The number of ether oxygens (including phenoxy) is 1. The summed E-state index contributed by atoms with van der Waals surface area (Å²) in [7, 11) is 0. The fourth-order valence-electron chi connectivity index (χ4n) is 4.34. The molecule has 4 heterocycles. The molecule has 1 atom stereocenters. The van der Waals surface area contributed by atoms with E-state index in [1.165, 1.54) is 11.3 Å². The molecule has 0 bridgehead atoms. The third kappa shape index (κ3) is 4.37. The van der Waals surface area contributed by atoms with Crippen LogP contribution >= 0.6 is 0 Å². The molecule has 7 nitrogen and oxygen atoms in total. The van der Waals surface area contributed by atoms with E-state index in [9.17, 15) is 4.79 Å². The van der Waals surface area contributed by atoms with Crippen LogP contribution in [0.3, 0.4) is 0 Å². The number of morpholine rings is 1. The number of primary amides is 1. The van der Waals surface area contributed by atoms with E-state index in [2.05, 4.69) is 41.5 Å². The van der Waals surface area contributed by atoms with Crippen LogP contribution in [0.5, 0.6) is 0 Å². The number of imidazole rings is 1. The van der Waals surface area contributed by atoms with Crippen molar-refractivity contribution in [1.29, 1.82) is 0 Å². The Labute approximate surface area is 192 Å². The maximum absolute atomic E-state index is 11.3. The normalized spacial score (nSPS) is 16.8. The Kier molecular flexibility index (Phi) is 5.66. The molecule has 5 rings (SSSR count). The Bertz CT molecular complexity index is 1310. The lowest BCUT2D eigenvalue weighted by atomic mass is 10.1. The fourth-order valence-corrected chi connectivity index (χ4v) is 4.34. The summed E-state index contributed by atoms with van der Waals surface area (Å²) in [6, 6.07) is 17.4. The molecule has 1 fully saturated rings. The summed E-state index contributed by atoms with van der Waals surface area (Å²) in [4.78, 5) is 23.4. The van der Waals surface area contributed by atoms with Crippen molar-refractivity contribution in [3.63, 3.8) is 0 Å². The van der Waals surface area contributed by atoms with E-state index in [0.717, 1.165) is 47.9 Å². The average molecular weight is 442 g/mol. The highest BCUT2D eigenvalue weighted by Gasteiger charge is 2.25. The lowest BCUT2D eigenvalue weighted by Crippen LogP contribution is -2.38. The molecule has 0 saturated carbocycles. The first kappa shape index (κ1) is 21.3. The lowest BCUT2D eigenvalue weighted by molar-refractivity contribution is -0.0354. The summed E-state index contributed by atoms with van der Waals surface area (Å²) >= 11 is 0. The molecule has 2 N–H and O–H groups in total. The molecular weight excluding hydrogens is 414 g/mol. The van der Waals surface area contributed by atoms with Crippen LogP contribution in [0, 0.1) is 13.8 Å². The van der Waals surface area contributed by atoms with Gasteiger partial charge in [-0.05, 0) is 55.8 Å². The molecule has 1 amide bonds. The molecule has 7 heteroatoms. The van der Waals surface area contributed by atoms with E-state index in [0.29, 0.717) is 12.2 Å². The summed E-state index contributed by atoms with van der Waals surface area (Å²) in [5, 5.41) is 0. The molecule has 0 unspecified atom stereocenters. The third-order valence-electron chi connectivity index (χ3n) is 6.17. The number of benzene rings is 1. The summed E-state index contributed by atoms with van der Waals surface area (Å²) in [6.07, 6.45) is 2.00. The summed E-state index contributed by atoms with van der Waals surface area (Å²) in [6.45, 7) is 7.25. The van der Waals surface area contributed by atoms with Crippen LogP contribution in [-0.2, 0) is 11.3 Å². The number of nitrogens with two attached hydrogens (primary N) is 1. The van der Waals surface area contributed by atoms with Gasteiger partial charge in [-0.2, -0.15) is 0 Å². The van der Waals surface area contributed by atoms with Gasteiger partial charge in [0.2, 0.25) is 5.91 Å². The van der Waals surface area contributed by atoms with Crippen molar-refractivity contribution in [1.82, 2.24) is 19.3 Å². The van der Waals surface area contributed by atoms with Gasteiger partial charge in [0.1, 0.15) is 11.8 Å². The number of rotatable bonds is 5. The van der Waals surface area contributed by atoms with Crippen molar-refractivity contribution in [2.24, 2.45) is 5.73 Å². The minimum atomic E-state index is -0.435. The molecule has 0 spiro atoms. The number of aromatic nitrogens is 3. The molecule has 4 aromatic rings. The molecule has 3 aromatic heterocycles. The van der Waals surface area contributed by atoms with Crippen molar-refractivity contribution < 1.29 is 9.53 Å². The van der Waals surface area contributed by atoms with E-state index < -0.39 is 5.91 Å². The third-order valence-corrected chi connectivity index (χ3v) is 6.17. The molecule has 1 aliphatic rings. The highest BCUT2D eigenvalue weighted by Crippen LogP contribution is 2.26. The summed E-state index contributed by atoms with van der Waals surface area (Å²) in [5.41, 5.74) is 13.0. The largest absolute Gasteiger partial charge is 0.369 e. The number of fused-ring (bicyclic) bond motifs is 1. The van der Waals surface area contributed by atoms with E-state index in [1.54, 1.807) is 12.1 Å². The van der Waals surface area contributed by atoms with Gasteiger partial charge in [-0.1, -0.05) is 18.2 Å². The quantitative estimate of drug-likeness (QED) is 0.511. The van der Waals surface area contributed by atoms with Gasteiger partial charge in [0, 0.05) is 37.0 Å². The lowest BCUT2D eigenvalue weighted by Gasteiger charge is -2.32. The van der Waals surface area contributed by atoms with Crippen molar-refractivity contribution in [2.75, 3.05) is 19.7 Å². The minimum Gasteiger partial charge on any atom is -0.369 e. The number of amides is 1. The molecular formula is C26H27N5O2. The Balaban J connectivity index is 1.35. The summed E-state index contributed by atoms with van der Waals surface area (Å²) in [5.74, 6) is -0.435. The van der Waals surface area contributed by atoms with Gasteiger partial charge in [0.05, 0.1) is 29.4 Å². The number of hydrogen-bond donors (Lipinski definition) is 1. The van der Waals surface area contributed by atoms with Crippen LogP contribution in [0.2, 0.25) is 0 Å². The number of nitrogens with zero attached hydrogens (tertiary/aromatic N) is 4. The minimum absolute atomic E-state index is 0.106. The maximum atomic E-state index is 11.3. The smallest absolute Gasteiger partial charge is 0.248 e. The van der Waals surface area contributed by atoms with E-state index in [4.69, 9.17) is 20.4 Å². The van der Waals surface area contributed by atoms with Gasteiger partial charge in [-0.3, -0.25) is 14.7 Å². The Morgan fingerprint density at radius 2 is 1.94 bits per heavy atom. The van der Waals surface area contributed by atoms with Crippen molar-refractivity contribution >= 4 is 11.6 Å². The monoisotopic (exact) mass is 441 g/mol. The number of carbonyl (C=O) groups is 1. The predicted molar refractivity (Wildman–Crippen MR) is 127 cm³/mol. The highest BCUT2D eigenvalue weighted by atomic mass is 16.5. The van der Waals surface area contributed by atoms with Crippen molar-refractivity contribution in [2.45, 2.75) is 26.5 Å². The molecule has 1 saturated heterocycles. The Morgan fingerprint density at radius 1 is 1.12 bits per heavy atom. The van der Waals surface area contributed by atoms with Gasteiger partial charge in [0.15, 0.2) is 0 Å². The van der Waals surface area contributed by atoms with E-state index >= 15 is 0 Å². The predicted octanol–water partition coefficient (Wildman–Crippen LogP) is 3.69. The maximum Gasteiger partial charge on any atom is 0.248 e. The van der Waals surface area contributed by atoms with Gasteiger partial charge >= 0.3 is 0 Å². The van der Waals surface area contributed by atoms with Gasteiger partial charge in [-0.15, -0.1) is 0 Å². The van der Waals surface area contributed by atoms with Crippen molar-refractivity contribution in [3.05, 3.63) is 89.0 Å². The summed E-state index contributed by atoms with van der Waals surface area (Å²) < 4.78 is 8.28. The first-order valence-electron chi connectivity index (χ1n) is 11.1. The molecule has 168 valence electrons. The average Bonchev–Trinajstić information content (AvgIpc) is 3.13. The molecule has 33 heavy (non-hydrogen) atoms. The highest BCUT2D eigenvalue weighted by molar-refractivity contribution is 5.93. The zero-order chi connectivity index (χ0) is 22.9.